The van der Waals surface area contributed by atoms with Crippen molar-refractivity contribution in [1.82, 2.24) is 15.0 Å². The van der Waals surface area contributed by atoms with Gasteiger partial charge in [0.15, 0.2) is 11.0 Å². The highest BCUT2D eigenvalue weighted by molar-refractivity contribution is 6.33. The van der Waals surface area contributed by atoms with Crippen molar-refractivity contribution in [2.45, 2.75) is 24.4 Å². The van der Waals surface area contributed by atoms with Gasteiger partial charge in [-0.05, 0) is 0 Å². The van der Waals surface area contributed by atoms with E-state index in [0.29, 0.717) is 0 Å². The Morgan fingerprint density at radius 2 is 2.15 bits per heavy atom. The third-order valence-electron chi connectivity index (χ3n) is 3.31. The minimum Gasteiger partial charge on any atom is -0.394 e. The number of rotatable bonds is 2. The first-order valence-electron chi connectivity index (χ1n) is 5.85. The van der Waals surface area contributed by atoms with E-state index in [4.69, 9.17) is 21.4 Å². The van der Waals surface area contributed by atoms with Crippen LogP contribution >= 0.6 is 11.6 Å². The Balaban J connectivity index is 2.08. The first kappa shape index (κ1) is 13.7. The summed E-state index contributed by atoms with van der Waals surface area (Å²) in [5.41, 5.74) is -0.0468. The van der Waals surface area contributed by atoms with Gasteiger partial charge < -0.3 is 25.0 Å². The molecule has 1 aliphatic heterocycles. The Morgan fingerprint density at radius 1 is 1.40 bits per heavy atom. The van der Waals surface area contributed by atoms with Gasteiger partial charge in [0.1, 0.15) is 41.1 Å². The lowest BCUT2D eigenvalue weighted by Gasteiger charge is -2.15. The van der Waals surface area contributed by atoms with Crippen molar-refractivity contribution < 1.29 is 24.4 Å². The monoisotopic (exact) mass is 303 g/mol. The highest BCUT2D eigenvalue weighted by Crippen LogP contribution is 2.36. The fourth-order valence-electron chi connectivity index (χ4n) is 2.26. The van der Waals surface area contributed by atoms with E-state index in [0.717, 1.165) is 0 Å². The smallest absolute Gasteiger partial charge is 0.175 e. The van der Waals surface area contributed by atoms with Crippen LogP contribution in [0.25, 0.3) is 11.0 Å². The molecule has 4 N–H and O–H groups in total. The summed E-state index contributed by atoms with van der Waals surface area (Å²) in [6, 6.07) is 0. The van der Waals surface area contributed by atoms with Crippen molar-refractivity contribution in [3.63, 3.8) is 0 Å². The van der Waals surface area contributed by atoms with Crippen LogP contribution in [0.15, 0.2) is 6.33 Å². The number of imidazole rings is 1. The molecule has 108 valence electrons. The summed E-state index contributed by atoms with van der Waals surface area (Å²) >= 11 is 5.91. The second-order valence-corrected chi connectivity index (χ2v) is 4.84. The number of aliphatic hydroxyl groups is 3. The number of aromatic nitrogens is 3. The second-order valence-electron chi connectivity index (χ2n) is 4.49. The Bertz CT molecular complexity index is 652. The number of hydrogen-bond acceptors (Lipinski definition) is 6. The molecule has 0 unspecified atom stereocenters. The molecule has 1 fully saturated rings. The van der Waals surface area contributed by atoms with Crippen molar-refractivity contribution in [3.8, 4) is 0 Å². The number of hydrogen-bond donors (Lipinski definition) is 4. The normalized spacial score (nSPS) is 30.2. The number of nitrogens with one attached hydrogen (secondary N) is 1. The fourth-order valence-corrected chi connectivity index (χ4v) is 2.50. The fraction of sp³-hybridized carbons (Fsp3) is 0.455. The summed E-state index contributed by atoms with van der Waals surface area (Å²) in [6.07, 6.45) is -3.71. The highest BCUT2D eigenvalue weighted by Gasteiger charge is 2.45. The van der Waals surface area contributed by atoms with Crippen molar-refractivity contribution >= 4 is 22.6 Å². The van der Waals surface area contributed by atoms with E-state index >= 15 is 0 Å². The Morgan fingerprint density at radius 3 is 2.80 bits per heavy atom. The summed E-state index contributed by atoms with van der Waals surface area (Å²) in [5, 5.41) is 28.6. The molecule has 0 saturated carbocycles. The number of aliphatic hydroxyl groups excluding tert-OH is 3. The van der Waals surface area contributed by atoms with Gasteiger partial charge in [0.25, 0.3) is 0 Å². The van der Waals surface area contributed by atoms with Crippen LogP contribution in [0.5, 0.6) is 0 Å². The van der Waals surface area contributed by atoms with Gasteiger partial charge in [-0.25, -0.2) is 14.4 Å². The van der Waals surface area contributed by atoms with Gasteiger partial charge in [0.05, 0.1) is 12.9 Å². The van der Waals surface area contributed by atoms with E-state index in [-0.39, 0.29) is 21.9 Å². The van der Waals surface area contributed by atoms with Crippen molar-refractivity contribution in [2.75, 3.05) is 6.61 Å². The van der Waals surface area contributed by atoms with Crippen molar-refractivity contribution in [2.24, 2.45) is 0 Å². The molecular weight excluding hydrogens is 293 g/mol. The van der Waals surface area contributed by atoms with Crippen LogP contribution < -0.4 is 0 Å². The van der Waals surface area contributed by atoms with Crippen LogP contribution in [-0.2, 0) is 4.74 Å². The maximum absolute atomic E-state index is 14.3. The maximum atomic E-state index is 14.3. The molecule has 20 heavy (non-hydrogen) atoms. The van der Waals surface area contributed by atoms with E-state index in [9.17, 15) is 14.6 Å². The molecule has 3 heterocycles. The molecule has 2 aromatic rings. The minimum atomic E-state index is -1.42. The van der Waals surface area contributed by atoms with Crippen LogP contribution in [0, 0.1) is 5.82 Å². The van der Waals surface area contributed by atoms with E-state index in [1.54, 1.807) is 0 Å². The molecule has 1 saturated heterocycles. The predicted molar refractivity (Wildman–Crippen MR) is 65.6 cm³/mol. The number of nitrogens with zero attached hydrogens (tertiary/aromatic N) is 2. The topological polar surface area (TPSA) is 111 Å². The first-order chi connectivity index (χ1) is 9.54. The lowest BCUT2D eigenvalue weighted by molar-refractivity contribution is -0.0249. The summed E-state index contributed by atoms with van der Waals surface area (Å²) in [4.78, 5) is 10.3. The third-order valence-corrected chi connectivity index (χ3v) is 3.58. The van der Waals surface area contributed by atoms with Crippen LogP contribution in [0.2, 0.25) is 5.15 Å². The molecule has 9 heteroatoms. The van der Waals surface area contributed by atoms with Crippen LogP contribution in [0.3, 0.4) is 0 Å². The Hall–Kier alpha value is -1.32. The maximum Gasteiger partial charge on any atom is 0.175 e. The lowest BCUT2D eigenvalue weighted by Crippen LogP contribution is -2.32. The van der Waals surface area contributed by atoms with Gasteiger partial charge >= 0.3 is 0 Å². The van der Waals surface area contributed by atoms with E-state index in [1.807, 2.05) is 0 Å². The van der Waals surface area contributed by atoms with Gasteiger partial charge in [0.2, 0.25) is 0 Å². The van der Waals surface area contributed by atoms with Gasteiger partial charge in [-0.3, -0.25) is 0 Å². The van der Waals surface area contributed by atoms with Gasteiger partial charge in [-0.15, -0.1) is 0 Å². The number of halogens is 2. The molecule has 0 bridgehead atoms. The Kier molecular flexibility index (Phi) is 3.35. The van der Waals surface area contributed by atoms with E-state index in [1.165, 1.54) is 6.33 Å². The Labute approximate surface area is 117 Å². The number of fused-ring (bicyclic) bond motifs is 1. The van der Waals surface area contributed by atoms with Crippen LogP contribution in [0.4, 0.5) is 4.39 Å². The molecule has 0 spiro atoms. The second kappa shape index (κ2) is 4.90. The highest BCUT2D eigenvalue weighted by atomic mass is 35.5. The van der Waals surface area contributed by atoms with Crippen LogP contribution in [-0.4, -0.2) is 55.2 Å². The average molecular weight is 304 g/mol. The minimum absolute atomic E-state index is 0.0216. The number of ether oxygens (including phenoxy) is 1. The summed E-state index contributed by atoms with van der Waals surface area (Å²) < 4.78 is 19.6. The molecular formula is C11H11ClFN3O4. The standard InChI is InChI=1S/C11H11ClFN3O4/c12-11-7-5(14-2-15-7)4(13)6(16-11)10-9(19)8(18)3(1-17)20-10/h2-3,8-10,17-19H,1H2,(H,14,15)/t3-,8-,9-,10+/m1/s1. The SMILES string of the molecule is OC[C@H]1O[C@@H](c2nc(Cl)c3[nH]cnc3c2F)[C@H](O)[C@@H]1O. The zero-order valence-electron chi connectivity index (χ0n) is 9.99. The molecule has 1 aliphatic rings. The molecule has 2 aromatic heterocycles. The van der Waals surface area contributed by atoms with E-state index in [2.05, 4.69) is 15.0 Å². The average Bonchev–Trinajstić information content (AvgIpc) is 3.02. The molecule has 4 atom stereocenters. The van der Waals surface area contributed by atoms with Crippen molar-refractivity contribution in [1.29, 1.82) is 0 Å². The van der Waals surface area contributed by atoms with Gasteiger partial charge in [0, 0.05) is 0 Å². The molecule has 0 amide bonds. The van der Waals surface area contributed by atoms with E-state index < -0.39 is 36.8 Å². The zero-order valence-corrected chi connectivity index (χ0v) is 10.8. The quantitative estimate of drug-likeness (QED) is 0.577. The molecule has 0 radical (unpaired) electrons. The number of pyridine rings is 1. The molecule has 0 aliphatic carbocycles. The van der Waals surface area contributed by atoms with Crippen LogP contribution in [0.1, 0.15) is 11.8 Å². The van der Waals surface area contributed by atoms with Crippen molar-refractivity contribution in [3.05, 3.63) is 23.0 Å². The number of aromatic amines is 1. The zero-order chi connectivity index (χ0) is 14.4. The van der Waals surface area contributed by atoms with Gasteiger partial charge in [-0.2, -0.15) is 0 Å². The van der Waals surface area contributed by atoms with Gasteiger partial charge in [-0.1, -0.05) is 11.6 Å². The lowest BCUT2D eigenvalue weighted by atomic mass is 10.0. The predicted octanol–water partition coefficient (Wildman–Crippen LogP) is -0.0956. The molecule has 3 rings (SSSR count). The molecule has 7 nitrogen and oxygen atoms in total. The molecule has 0 aromatic carbocycles. The largest absolute Gasteiger partial charge is 0.394 e. The first-order valence-corrected chi connectivity index (χ1v) is 6.22. The summed E-state index contributed by atoms with van der Waals surface area (Å²) in [6.45, 7) is -0.505. The number of H-pyrrole nitrogens is 1. The summed E-state index contributed by atoms with van der Waals surface area (Å²) in [5.74, 6) is -0.791. The third kappa shape index (κ3) is 1.88. The summed E-state index contributed by atoms with van der Waals surface area (Å²) in [7, 11) is 0.